The number of hydrogen-bond acceptors (Lipinski definition) is 7. The number of benzene rings is 1. The van der Waals surface area contributed by atoms with Crippen LogP contribution in [0.2, 0.25) is 0 Å². The van der Waals surface area contributed by atoms with E-state index in [2.05, 4.69) is 46.9 Å². The SMILES string of the molecule is Cc1cc(Nc2cnnc(Nc3ccccc3Br)n2)no1. The van der Waals surface area contributed by atoms with E-state index in [-0.39, 0.29) is 0 Å². The average molecular weight is 347 g/mol. The molecule has 3 rings (SSSR count). The number of nitrogens with one attached hydrogen (secondary N) is 2. The molecule has 0 saturated carbocycles. The van der Waals surface area contributed by atoms with Gasteiger partial charge in [0.25, 0.3) is 0 Å². The Bertz CT molecular complexity index is 760. The standard InChI is InChI=1S/C13H11BrN6O/c1-8-6-11(20-21-8)17-12-7-15-19-13(18-12)16-10-5-3-2-4-9(10)14/h2-7H,1H3,(H2,16,17,18,19,20). The fourth-order valence-corrected chi connectivity index (χ4v) is 2.04. The Morgan fingerprint density at radius 3 is 2.76 bits per heavy atom. The molecule has 0 aliphatic carbocycles. The molecule has 0 amide bonds. The summed E-state index contributed by atoms with van der Waals surface area (Å²) in [4.78, 5) is 4.32. The van der Waals surface area contributed by atoms with Gasteiger partial charge < -0.3 is 15.2 Å². The third kappa shape index (κ3) is 3.34. The number of halogens is 1. The molecular weight excluding hydrogens is 336 g/mol. The molecule has 3 aromatic rings. The van der Waals surface area contributed by atoms with Crippen molar-refractivity contribution < 1.29 is 4.52 Å². The number of hydrogen-bond donors (Lipinski definition) is 2. The number of aromatic nitrogens is 4. The predicted molar refractivity (Wildman–Crippen MR) is 81.8 cm³/mol. The van der Waals surface area contributed by atoms with Crippen LogP contribution in [0.25, 0.3) is 0 Å². The average Bonchev–Trinajstić information content (AvgIpc) is 2.87. The van der Waals surface area contributed by atoms with Crippen molar-refractivity contribution in [2.75, 3.05) is 10.6 Å². The normalized spacial score (nSPS) is 10.4. The molecule has 0 bridgehead atoms. The fourth-order valence-electron chi connectivity index (χ4n) is 1.66. The van der Waals surface area contributed by atoms with Crippen LogP contribution < -0.4 is 10.6 Å². The van der Waals surface area contributed by atoms with Crippen LogP contribution in [0.4, 0.5) is 23.3 Å². The summed E-state index contributed by atoms with van der Waals surface area (Å²) >= 11 is 3.45. The van der Waals surface area contributed by atoms with Crippen molar-refractivity contribution in [3.63, 3.8) is 0 Å². The molecular formula is C13H11BrN6O. The van der Waals surface area contributed by atoms with E-state index in [1.54, 1.807) is 6.07 Å². The van der Waals surface area contributed by atoms with Gasteiger partial charge in [0.2, 0.25) is 5.95 Å². The minimum absolute atomic E-state index is 0.382. The van der Waals surface area contributed by atoms with E-state index in [9.17, 15) is 0 Å². The number of para-hydroxylation sites is 1. The largest absolute Gasteiger partial charge is 0.360 e. The molecule has 2 aromatic heterocycles. The van der Waals surface area contributed by atoms with E-state index in [1.165, 1.54) is 6.20 Å². The number of nitrogens with zero attached hydrogens (tertiary/aromatic N) is 4. The lowest BCUT2D eigenvalue weighted by Gasteiger charge is -2.07. The number of aryl methyl sites for hydroxylation is 1. The third-order valence-corrected chi connectivity index (χ3v) is 3.25. The Morgan fingerprint density at radius 1 is 1.14 bits per heavy atom. The van der Waals surface area contributed by atoms with Crippen LogP contribution in [0, 0.1) is 6.92 Å². The first-order valence-corrected chi connectivity index (χ1v) is 6.91. The Labute approximate surface area is 128 Å². The van der Waals surface area contributed by atoms with Crippen molar-refractivity contribution in [2.24, 2.45) is 0 Å². The monoisotopic (exact) mass is 346 g/mol. The summed E-state index contributed by atoms with van der Waals surface area (Å²) in [6, 6.07) is 9.45. The van der Waals surface area contributed by atoms with Crippen LogP contribution >= 0.6 is 15.9 Å². The second-order valence-electron chi connectivity index (χ2n) is 4.22. The van der Waals surface area contributed by atoms with Crippen molar-refractivity contribution in [2.45, 2.75) is 6.92 Å². The molecule has 0 fully saturated rings. The zero-order valence-electron chi connectivity index (χ0n) is 11.0. The van der Waals surface area contributed by atoms with E-state index in [0.717, 1.165) is 10.2 Å². The molecule has 106 valence electrons. The summed E-state index contributed by atoms with van der Waals surface area (Å²) in [5.41, 5.74) is 0.855. The summed E-state index contributed by atoms with van der Waals surface area (Å²) in [7, 11) is 0. The van der Waals surface area contributed by atoms with Crippen molar-refractivity contribution in [1.29, 1.82) is 0 Å². The van der Waals surface area contributed by atoms with E-state index >= 15 is 0 Å². The Hall–Kier alpha value is -2.48. The fraction of sp³-hybridized carbons (Fsp3) is 0.0769. The van der Waals surface area contributed by atoms with Gasteiger partial charge in [-0.25, -0.2) is 0 Å². The maximum Gasteiger partial charge on any atom is 0.249 e. The van der Waals surface area contributed by atoms with Crippen LogP contribution in [0.5, 0.6) is 0 Å². The quantitative estimate of drug-likeness (QED) is 0.747. The summed E-state index contributed by atoms with van der Waals surface area (Å²) in [6.07, 6.45) is 1.51. The van der Waals surface area contributed by atoms with Crippen LogP contribution in [0.15, 0.2) is 45.5 Å². The van der Waals surface area contributed by atoms with Crippen LogP contribution in [-0.4, -0.2) is 20.3 Å². The molecule has 0 spiro atoms. The van der Waals surface area contributed by atoms with E-state index in [1.807, 2.05) is 31.2 Å². The van der Waals surface area contributed by atoms with Gasteiger partial charge in [-0.15, -0.1) is 5.10 Å². The summed E-state index contributed by atoms with van der Waals surface area (Å²) < 4.78 is 5.90. The molecule has 8 heteroatoms. The highest BCUT2D eigenvalue weighted by molar-refractivity contribution is 9.10. The zero-order valence-corrected chi connectivity index (χ0v) is 12.6. The van der Waals surface area contributed by atoms with E-state index in [0.29, 0.717) is 23.3 Å². The van der Waals surface area contributed by atoms with Gasteiger partial charge in [0.1, 0.15) is 5.76 Å². The molecule has 0 radical (unpaired) electrons. The lowest BCUT2D eigenvalue weighted by atomic mass is 10.3. The van der Waals surface area contributed by atoms with Crippen LogP contribution in [0.3, 0.4) is 0 Å². The topological polar surface area (TPSA) is 88.8 Å². The molecule has 2 heterocycles. The van der Waals surface area contributed by atoms with Gasteiger partial charge in [-0.1, -0.05) is 17.3 Å². The van der Waals surface area contributed by atoms with Crippen molar-refractivity contribution in [3.05, 3.63) is 46.8 Å². The lowest BCUT2D eigenvalue weighted by Crippen LogP contribution is -2.02. The van der Waals surface area contributed by atoms with Crippen molar-refractivity contribution in [3.8, 4) is 0 Å². The summed E-state index contributed by atoms with van der Waals surface area (Å²) in [5.74, 6) is 2.19. The maximum atomic E-state index is 4.98. The highest BCUT2D eigenvalue weighted by atomic mass is 79.9. The Morgan fingerprint density at radius 2 is 2.00 bits per heavy atom. The lowest BCUT2D eigenvalue weighted by molar-refractivity contribution is 0.400. The van der Waals surface area contributed by atoms with Gasteiger partial charge in [0.15, 0.2) is 11.6 Å². The smallest absolute Gasteiger partial charge is 0.249 e. The van der Waals surface area contributed by atoms with Gasteiger partial charge in [-0.05, 0) is 35.0 Å². The number of anilines is 4. The van der Waals surface area contributed by atoms with Crippen LogP contribution in [-0.2, 0) is 0 Å². The third-order valence-electron chi connectivity index (χ3n) is 2.56. The number of rotatable bonds is 4. The molecule has 0 aliphatic heterocycles. The molecule has 0 aliphatic rings. The van der Waals surface area contributed by atoms with Gasteiger partial charge in [-0.2, -0.15) is 10.1 Å². The first kappa shape index (κ1) is 13.5. The second kappa shape index (κ2) is 5.88. The highest BCUT2D eigenvalue weighted by Crippen LogP contribution is 2.24. The van der Waals surface area contributed by atoms with Crippen molar-refractivity contribution in [1.82, 2.24) is 20.3 Å². The first-order valence-electron chi connectivity index (χ1n) is 6.12. The summed E-state index contributed by atoms with van der Waals surface area (Å²) in [5, 5.41) is 17.8. The minimum Gasteiger partial charge on any atom is -0.360 e. The molecule has 21 heavy (non-hydrogen) atoms. The second-order valence-corrected chi connectivity index (χ2v) is 5.07. The van der Waals surface area contributed by atoms with Gasteiger partial charge >= 0.3 is 0 Å². The molecule has 0 unspecified atom stereocenters. The van der Waals surface area contributed by atoms with E-state index in [4.69, 9.17) is 4.52 Å². The summed E-state index contributed by atoms with van der Waals surface area (Å²) in [6.45, 7) is 1.82. The van der Waals surface area contributed by atoms with E-state index < -0.39 is 0 Å². The zero-order chi connectivity index (χ0) is 14.7. The molecule has 0 saturated heterocycles. The Balaban J connectivity index is 1.78. The molecule has 1 aromatic carbocycles. The molecule has 0 atom stereocenters. The minimum atomic E-state index is 0.382. The van der Waals surface area contributed by atoms with Gasteiger partial charge in [0.05, 0.1) is 11.9 Å². The molecule has 2 N–H and O–H groups in total. The predicted octanol–water partition coefficient (Wildman–Crippen LogP) is 3.42. The Kier molecular flexibility index (Phi) is 3.78. The highest BCUT2D eigenvalue weighted by Gasteiger charge is 2.06. The van der Waals surface area contributed by atoms with Crippen LogP contribution in [0.1, 0.15) is 5.76 Å². The van der Waals surface area contributed by atoms with Gasteiger partial charge in [0, 0.05) is 10.5 Å². The van der Waals surface area contributed by atoms with Crippen molar-refractivity contribution >= 4 is 39.2 Å². The van der Waals surface area contributed by atoms with Gasteiger partial charge in [-0.3, -0.25) is 0 Å². The first-order chi connectivity index (χ1) is 10.2. The molecule has 7 nitrogen and oxygen atoms in total. The maximum absolute atomic E-state index is 4.98.